The lowest BCUT2D eigenvalue weighted by atomic mass is 10.1. The molecular formula is C28H34N2O2. The third kappa shape index (κ3) is 7.30. The van der Waals surface area contributed by atoms with E-state index in [2.05, 4.69) is 23.8 Å². The molecule has 4 heteroatoms. The van der Waals surface area contributed by atoms with Crippen LogP contribution in [-0.4, -0.2) is 15.9 Å². The summed E-state index contributed by atoms with van der Waals surface area (Å²) in [5, 5.41) is 0. The number of hydrogen-bond acceptors (Lipinski definition) is 4. The van der Waals surface area contributed by atoms with Crippen molar-refractivity contribution >= 4 is 5.97 Å². The lowest BCUT2D eigenvalue weighted by Gasteiger charge is -2.07. The van der Waals surface area contributed by atoms with Gasteiger partial charge < -0.3 is 4.74 Å². The van der Waals surface area contributed by atoms with Crippen molar-refractivity contribution in [2.75, 3.05) is 0 Å². The molecule has 0 fully saturated rings. The zero-order valence-electron chi connectivity index (χ0n) is 19.3. The van der Waals surface area contributed by atoms with Gasteiger partial charge in [-0.1, -0.05) is 58.1 Å². The summed E-state index contributed by atoms with van der Waals surface area (Å²) in [6, 6.07) is 15.1. The molecule has 4 nitrogen and oxygen atoms in total. The molecule has 1 heterocycles. The number of esters is 1. The maximum Gasteiger partial charge on any atom is 0.343 e. The number of benzene rings is 2. The Balaban J connectivity index is 1.53. The Morgan fingerprint density at radius 2 is 1.31 bits per heavy atom. The molecule has 0 amide bonds. The molecule has 3 rings (SSSR count). The van der Waals surface area contributed by atoms with E-state index < -0.39 is 0 Å². The van der Waals surface area contributed by atoms with Gasteiger partial charge in [0.05, 0.1) is 5.56 Å². The monoisotopic (exact) mass is 430 g/mol. The largest absolute Gasteiger partial charge is 0.423 e. The van der Waals surface area contributed by atoms with Crippen LogP contribution in [0.2, 0.25) is 0 Å². The molecule has 3 aromatic rings. The summed E-state index contributed by atoms with van der Waals surface area (Å²) >= 11 is 0. The van der Waals surface area contributed by atoms with Crippen molar-refractivity contribution in [2.24, 2.45) is 0 Å². The van der Waals surface area contributed by atoms with Gasteiger partial charge in [-0.25, -0.2) is 14.8 Å². The molecule has 0 spiro atoms. The zero-order chi connectivity index (χ0) is 22.6. The number of carbonyl (C=O) groups excluding carboxylic acids is 1. The minimum absolute atomic E-state index is 0.346. The molecular weight excluding hydrogens is 396 g/mol. The Bertz CT molecular complexity index is 948. The Labute approximate surface area is 192 Å². The smallest absolute Gasteiger partial charge is 0.343 e. The molecule has 2 aromatic carbocycles. The Kier molecular flexibility index (Phi) is 9.42. The van der Waals surface area contributed by atoms with Crippen molar-refractivity contribution in [2.45, 2.75) is 71.6 Å². The van der Waals surface area contributed by atoms with Crippen LogP contribution >= 0.6 is 0 Å². The number of unbranched alkanes of at least 4 members (excludes halogenated alkanes) is 5. The summed E-state index contributed by atoms with van der Waals surface area (Å²) < 4.78 is 5.53. The maximum atomic E-state index is 12.5. The summed E-state index contributed by atoms with van der Waals surface area (Å²) in [6.07, 6.45) is 14.5. The maximum absolute atomic E-state index is 12.5. The molecule has 0 aliphatic carbocycles. The summed E-state index contributed by atoms with van der Waals surface area (Å²) in [5.41, 5.74) is 3.89. The highest BCUT2D eigenvalue weighted by Gasteiger charge is 2.09. The van der Waals surface area contributed by atoms with E-state index in [9.17, 15) is 4.79 Å². The van der Waals surface area contributed by atoms with E-state index in [4.69, 9.17) is 4.74 Å². The fraction of sp³-hybridized carbons (Fsp3) is 0.393. The third-order valence-electron chi connectivity index (χ3n) is 5.61. The van der Waals surface area contributed by atoms with Gasteiger partial charge in [0.15, 0.2) is 5.82 Å². The number of rotatable bonds is 12. The van der Waals surface area contributed by atoms with Crippen LogP contribution in [0.3, 0.4) is 0 Å². The quantitative estimate of drug-likeness (QED) is 0.173. The molecule has 1 aromatic heterocycles. The highest BCUT2D eigenvalue weighted by Crippen LogP contribution is 2.21. The highest BCUT2D eigenvalue weighted by molar-refractivity contribution is 5.91. The van der Waals surface area contributed by atoms with Gasteiger partial charge in [0, 0.05) is 18.0 Å². The van der Waals surface area contributed by atoms with E-state index in [-0.39, 0.29) is 5.97 Å². The molecule has 0 aliphatic rings. The molecule has 0 atom stereocenters. The fourth-order valence-corrected chi connectivity index (χ4v) is 3.61. The van der Waals surface area contributed by atoms with Gasteiger partial charge >= 0.3 is 5.97 Å². The number of aryl methyl sites for hydroxylation is 2. The Hall–Kier alpha value is -3.01. The van der Waals surface area contributed by atoms with E-state index >= 15 is 0 Å². The summed E-state index contributed by atoms with van der Waals surface area (Å²) in [5.74, 6) is 0.846. The molecule has 0 unspecified atom stereocenters. The van der Waals surface area contributed by atoms with Gasteiger partial charge in [0.1, 0.15) is 5.75 Å². The molecule has 168 valence electrons. The Morgan fingerprint density at radius 1 is 0.719 bits per heavy atom. The van der Waals surface area contributed by atoms with Crippen LogP contribution < -0.4 is 4.74 Å². The van der Waals surface area contributed by atoms with E-state index in [1.165, 1.54) is 56.1 Å². The minimum Gasteiger partial charge on any atom is -0.423 e. The molecule has 32 heavy (non-hydrogen) atoms. The molecule has 0 saturated heterocycles. The third-order valence-corrected chi connectivity index (χ3v) is 5.61. The minimum atomic E-state index is -0.346. The van der Waals surface area contributed by atoms with Crippen molar-refractivity contribution in [3.8, 4) is 17.1 Å². The van der Waals surface area contributed by atoms with Crippen molar-refractivity contribution in [3.63, 3.8) is 0 Å². The van der Waals surface area contributed by atoms with Crippen LogP contribution in [0.1, 0.15) is 80.3 Å². The zero-order valence-corrected chi connectivity index (χ0v) is 19.3. The van der Waals surface area contributed by atoms with Gasteiger partial charge in [-0.3, -0.25) is 0 Å². The van der Waals surface area contributed by atoms with Gasteiger partial charge in [0.2, 0.25) is 0 Å². The standard InChI is InChI=1S/C28H34N2O2/c1-3-5-7-9-11-23-20-29-27(30-21-23)24-16-18-26(19-17-24)32-28(31)25-14-12-22(13-15-25)10-8-6-4-2/h12-21H,3-11H2,1-2H3. The second-order valence-corrected chi connectivity index (χ2v) is 8.29. The van der Waals surface area contributed by atoms with Crippen LogP contribution in [0.25, 0.3) is 11.4 Å². The molecule has 0 saturated carbocycles. The lowest BCUT2D eigenvalue weighted by molar-refractivity contribution is 0.0735. The van der Waals surface area contributed by atoms with Crippen molar-refractivity contribution in [1.82, 2.24) is 9.97 Å². The second kappa shape index (κ2) is 12.7. The van der Waals surface area contributed by atoms with E-state index in [1.54, 1.807) is 12.1 Å². The van der Waals surface area contributed by atoms with Crippen LogP contribution in [-0.2, 0) is 12.8 Å². The summed E-state index contributed by atoms with van der Waals surface area (Å²) in [7, 11) is 0. The molecule has 0 aliphatic heterocycles. The number of carbonyl (C=O) groups is 1. The highest BCUT2D eigenvalue weighted by atomic mass is 16.5. The van der Waals surface area contributed by atoms with Crippen molar-refractivity contribution in [1.29, 1.82) is 0 Å². The number of hydrogen-bond donors (Lipinski definition) is 0. The average Bonchev–Trinajstić information content (AvgIpc) is 2.83. The van der Waals surface area contributed by atoms with Gasteiger partial charge in [-0.2, -0.15) is 0 Å². The SMILES string of the molecule is CCCCCCc1cnc(-c2ccc(OC(=O)c3ccc(CCCCC)cc3)cc2)nc1. The molecule has 0 radical (unpaired) electrons. The predicted molar refractivity (Wildman–Crippen MR) is 130 cm³/mol. The first-order valence-electron chi connectivity index (χ1n) is 11.9. The number of aromatic nitrogens is 2. The first-order chi connectivity index (χ1) is 15.7. The average molecular weight is 431 g/mol. The van der Waals surface area contributed by atoms with E-state index in [0.717, 1.165) is 18.4 Å². The van der Waals surface area contributed by atoms with Crippen LogP contribution in [0.5, 0.6) is 5.75 Å². The number of ether oxygens (including phenoxy) is 1. The Morgan fingerprint density at radius 3 is 1.97 bits per heavy atom. The van der Waals surface area contributed by atoms with Gasteiger partial charge in [-0.05, 0) is 73.2 Å². The number of nitrogens with zero attached hydrogens (tertiary/aromatic N) is 2. The topological polar surface area (TPSA) is 52.1 Å². The first kappa shape index (κ1) is 23.6. The van der Waals surface area contributed by atoms with Crippen molar-refractivity contribution in [3.05, 3.63) is 77.6 Å². The summed E-state index contributed by atoms with van der Waals surface area (Å²) in [6.45, 7) is 4.42. The predicted octanol–water partition coefficient (Wildman–Crippen LogP) is 7.22. The lowest BCUT2D eigenvalue weighted by Crippen LogP contribution is -2.08. The normalized spacial score (nSPS) is 10.8. The van der Waals surface area contributed by atoms with Crippen molar-refractivity contribution < 1.29 is 9.53 Å². The molecule has 0 N–H and O–H groups in total. The second-order valence-electron chi connectivity index (χ2n) is 8.29. The summed E-state index contributed by atoms with van der Waals surface area (Å²) in [4.78, 5) is 21.5. The van der Waals surface area contributed by atoms with Gasteiger partial charge in [0.25, 0.3) is 0 Å². The van der Waals surface area contributed by atoms with E-state index in [0.29, 0.717) is 17.1 Å². The van der Waals surface area contributed by atoms with E-state index in [1.807, 2.05) is 48.8 Å². The van der Waals surface area contributed by atoms with Crippen LogP contribution in [0.15, 0.2) is 60.9 Å². The first-order valence-corrected chi connectivity index (χ1v) is 11.9. The molecule has 0 bridgehead atoms. The van der Waals surface area contributed by atoms with Crippen LogP contribution in [0.4, 0.5) is 0 Å². The van der Waals surface area contributed by atoms with Crippen LogP contribution in [0, 0.1) is 0 Å². The van der Waals surface area contributed by atoms with Gasteiger partial charge in [-0.15, -0.1) is 0 Å². The fourth-order valence-electron chi connectivity index (χ4n) is 3.61.